The van der Waals surface area contributed by atoms with Crippen molar-refractivity contribution >= 4 is 0 Å². The lowest BCUT2D eigenvalue weighted by molar-refractivity contribution is 0.110. The molecular weight excluding hydrogens is 250 g/mol. The van der Waals surface area contributed by atoms with Crippen LogP contribution in [0.15, 0.2) is 18.3 Å². The zero-order valence-electron chi connectivity index (χ0n) is 12.5. The molecule has 3 heterocycles. The molecular formula is C16H25N3O. The number of hydrogen-bond donors (Lipinski definition) is 1. The smallest absolute Gasteiger partial charge is 0.213 e. The van der Waals surface area contributed by atoms with E-state index in [2.05, 4.69) is 34.3 Å². The lowest BCUT2D eigenvalue weighted by Gasteiger charge is -2.39. The molecule has 2 saturated heterocycles. The Bertz CT molecular complexity index is 437. The van der Waals surface area contributed by atoms with E-state index in [1.54, 1.807) is 7.11 Å². The minimum absolute atomic E-state index is 0.720. The summed E-state index contributed by atoms with van der Waals surface area (Å²) in [4.78, 5) is 6.89. The highest BCUT2D eigenvalue weighted by atomic mass is 16.5. The van der Waals surface area contributed by atoms with Crippen LogP contribution >= 0.6 is 0 Å². The molecule has 1 aromatic heterocycles. The van der Waals surface area contributed by atoms with E-state index >= 15 is 0 Å². The number of aromatic nitrogens is 1. The highest BCUT2D eigenvalue weighted by Gasteiger charge is 2.40. The fourth-order valence-corrected chi connectivity index (χ4v) is 3.86. The molecule has 4 nitrogen and oxygen atoms in total. The Kier molecular flexibility index (Phi) is 4.22. The van der Waals surface area contributed by atoms with Gasteiger partial charge in [0.1, 0.15) is 0 Å². The highest BCUT2D eigenvalue weighted by molar-refractivity contribution is 5.21. The van der Waals surface area contributed by atoms with Crippen molar-refractivity contribution < 1.29 is 4.74 Å². The quantitative estimate of drug-likeness (QED) is 0.894. The van der Waals surface area contributed by atoms with Crippen LogP contribution in [0.1, 0.15) is 38.2 Å². The zero-order valence-corrected chi connectivity index (χ0v) is 12.5. The first-order chi connectivity index (χ1) is 9.80. The lowest BCUT2D eigenvalue weighted by atomic mass is 9.96. The minimum Gasteiger partial charge on any atom is -0.481 e. The molecule has 2 aliphatic rings. The maximum absolute atomic E-state index is 5.22. The van der Waals surface area contributed by atoms with Gasteiger partial charge in [0.25, 0.3) is 0 Å². The molecule has 1 aromatic rings. The number of ether oxygens (including phenoxy) is 1. The summed E-state index contributed by atoms with van der Waals surface area (Å²) in [6, 6.07) is 6.39. The number of methoxy groups -OCH3 is 1. The summed E-state index contributed by atoms with van der Waals surface area (Å²) in [6.07, 6.45) is 7.16. The minimum atomic E-state index is 0.720. The molecule has 3 rings (SSSR count). The Morgan fingerprint density at radius 1 is 1.35 bits per heavy atom. The summed E-state index contributed by atoms with van der Waals surface area (Å²) >= 11 is 0. The fourth-order valence-electron chi connectivity index (χ4n) is 3.86. The standard InChI is InChI=1S/C16H25N3O/c1-3-17-13-9-14-4-5-15(10-13)19(14)11-12-6-7-18-16(8-12)20-2/h6-8,13-15,17H,3-5,9-11H2,1-2H3. The van der Waals surface area contributed by atoms with E-state index in [1.165, 1.54) is 31.2 Å². The van der Waals surface area contributed by atoms with Gasteiger partial charge in [0.2, 0.25) is 5.88 Å². The molecule has 2 bridgehead atoms. The van der Waals surface area contributed by atoms with Crippen molar-refractivity contribution in [1.29, 1.82) is 0 Å². The number of rotatable bonds is 5. The third-order valence-electron chi connectivity index (χ3n) is 4.75. The van der Waals surface area contributed by atoms with E-state index in [-0.39, 0.29) is 0 Å². The molecule has 20 heavy (non-hydrogen) atoms. The predicted octanol–water partition coefficient (Wildman–Crippen LogP) is 2.20. The molecule has 0 aromatic carbocycles. The normalized spacial score (nSPS) is 29.6. The maximum atomic E-state index is 5.22. The number of hydrogen-bond acceptors (Lipinski definition) is 4. The second-order valence-electron chi connectivity index (χ2n) is 5.99. The van der Waals surface area contributed by atoms with Gasteiger partial charge < -0.3 is 10.1 Å². The number of nitrogens with one attached hydrogen (secondary N) is 1. The first-order valence-electron chi connectivity index (χ1n) is 7.78. The first kappa shape index (κ1) is 13.8. The molecule has 4 heteroatoms. The molecule has 0 radical (unpaired) electrons. The highest BCUT2D eigenvalue weighted by Crippen LogP contribution is 2.36. The van der Waals surface area contributed by atoms with E-state index in [0.29, 0.717) is 0 Å². The van der Waals surface area contributed by atoms with Gasteiger partial charge in [-0.3, -0.25) is 4.90 Å². The summed E-state index contributed by atoms with van der Waals surface area (Å²) in [7, 11) is 1.68. The van der Waals surface area contributed by atoms with E-state index in [9.17, 15) is 0 Å². The van der Waals surface area contributed by atoms with Gasteiger partial charge in [-0.2, -0.15) is 0 Å². The van der Waals surface area contributed by atoms with Gasteiger partial charge in [0.05, 0.1) is 7.11 Å². The molecule has 0 amide bonds. The average molecular weight is 275 g/mol. The second-order valence-corrected chi connectivity index (χ2v) is 5.99. The van der Waals surface area contributed by atoms with Crippen LogP contribution in [0.3, 0.4) is 0 Å². The van der Waals surface area contributed by atoms with Crippen molar-refractivity contribution in [2.24, 2.45) is 0 Å². The largest absolute Gasteiger partial charge is 0.481 e. The molecule has 2 aliphatic heterocycles. The summed E-state index contributed by atoms with van der Waals surface area (Å²) in [5, 5.41) is 3.63. The van der Waals surface area contributed by atoms with Crippen LogP contribution in [0.25, 0.3) is 0 Å². The monoisotopic (exact) mass is 275 g/mol. The van der Waals surface area contributed by atoms with Gasteiger partial charge in [-0.1, -0.05) is 6.92 Å². The van der Waals surface area contributed by atoms with Crippen LogP contribution < -0.4 is 10.1 Å². The molecule has 0 spiro atoms. The number of pyridine rings is 1. The van der Waals surface area contributed by atoms with E-state index in [4.69, 9.17) is 4.74 Å². The van der Waals surface area contributed by atoms with Crippen LogP contribution in [-0.4, -0.2) is 41.7 Å². The van der Waals surface area contributed by atoms with Gasteiger partial charge in [-0.15, -0.1) is 0 Å². The van der Waals surface area contributed by atoms with Crippen molar-refractivity contribution in [3.05, 3.63) is 23.9 Å². The topological polar surface area (TPSA) is 37.4 Å². The van der Waals surface area contributed by atoms with Crippen molar-refractivity contribution in [2.75, 3.05) is 13.7 Å². The van der Waals surface area contributed by atoms with Crippen molar-refractivity contribution in [2.45, 2.75) is 57.3 Å². The molecule has 0 saturated carbocycles. The van der Waals surface area contributed by atoms with Crippen LogP contribution in [0.4, 0.5) is 0 Å². The zero-order chi connectivity index (χ0) is 13.9. The summed E-state index contributed by atoms with van der Waals surface area (Å²) in [5.74, 6) is 0.720. The van der Waals surface area contributed by atoms with Gasteiger partial charge in [-0.05, 0) is 43.9 Å². The summed E-state index contributed by atoms with van der Waals surface area (Å²) < 4.78 is 5.22. The predicted molar refractivity (Wildman–Crippen MR) is 79.8 cm³/mol. The van der Waals surface area contributed by atoms with Crippen LogP contribution in [-0.2, 0) is 6.54 Å². The number of nitrogens with zero attached hydrogens (tertiary/aromatic N) is 2. The molecule has 1 N–H and O–H groups in total. The SMILES string of the molecule is CCNC1CC2CCC(C1)N2Cc1ccnc(OC)c1. The molecule has 2 fully saturated rings. The van der Waals surface area contributed by atoms with E-state index in [0.717, 1.165) is 37.1 Å². The van der Waals surface area contributed by atoms with Gasteiger partial charge >= 0.3 is 0 Å². The second kappa shape index (κ2) is 6.10. The Morgan fingerprint density at radius 3 is 2.75 bits per heavy atom. The molecule has 0 aliphatic carbocycles. The van der Waals surface area contributed by atoms with Crippen molar-refractivity contribution in [1.82, 2.24) is 15.2 Å². The Balaban J connectivity index is 1.66. The third-order valence-corrected chi connectivity index (χ3v) is 4.75. The van der Waals surface area contributed by atoms with E-state index < -0.39 is 0 Å². The van der Waals surface area contributed by atoms with Crippen molar-refractivity contribution in [3.63, 3.8) is 0 Å². The number of piperidine rings is 1. The molecule has 110 valence electrons. The average Bonchev–Trinajstić information content (AvgIpc) is 2.71. The van der Waals surface area contributed by atoms with Gasteiger partial charge in [-0.25, -0.2) is 4.98 Å². The Hall–Kier alpha value is -1.13. The molecule has 2 atom stereocenters. The Morgan fingerprint density at radius 2 is 2.10 bits per heavy atom. The summed E-state index contributed by atoms with van der Waals surface area (Å²) in [6.45, 7) is 4.33. The maximum Gasteiger partial charge on any atom is 0.213 e. The third kappa shape index (κ3) is 2.81. The first-order valence-corrected chi connectivity index (χ1v) is 7.78. The van der Waals surface area contributed by atoms with Gasteiger partial charge in [0.15, 0.2) is 0 Å². The van der Waals surface area contributed by atoms with E-state index in [1.807, 2.05) is 6.20 Å². The molecule has 2 unspecified atom stereocenters. The Labute approximate surface area is 121 Å². The van der Waals surface area contributed by atoms with Crippen LogP contribution in [0.2, 0.25) is 0 Å². The van der Waals surface area contributed by atoms with Crippen LogP contribution in [0, 0.1) is 0 Å². The van der Waals surface area contributed by atoms with Crippen LogP contribution in [0.5, 0.6) is 5.88 Å². The number of fused-ring (bicyclic) bond motifs is 2. The van der Waals surface area contributed by atoms with Gasteiger partial charge in [0, 0.05) is 36.9 Å². The fraction of sp³-hybridized carbons (Fsp3) is 0.688. The summed E-state index contributed by atoms with van der Waals surface area (Å²) in [5.41, 5.74) is 1.32. The van der Waals surface area contributed by atoms with Crippen molar-refractivity contribution in [3.8, 4) is 5.88 Å². The lowest BCUT2D eigenvalue weighted by Crippen LogP contribution is -2.48.